The molecule has 2 amide bonds. The minimum absolute atomic E-state index is 0.00462. The lowest BCUT2D eigenvalue weighted by Gasteiger charge is -2.55. The van der Waals surface area contributed by atoms with E-state index in [2.05, 4.69) is 5.32 Å². The second-order valence-electron chi connectivity index (χ2n) is 10.7. The summed E-state index contributed by atoms with van der Waals surface area (Å²) in [7, 11) is 0. The molecular weight excluding hydrogens is 404 g/mol. The van der Waals surface area contributed by atoms with E-state index >= 15 is 0 Å². The number of rotatable bonds is 5. The second-order valence-corrected chi connectivity index (χ2v) is 10.7. The molecule has 0 unspecified atom stereocenters. The van der Waals surface area contributed by atoms with E-state index in [9.17, 15) is 14.4 Å². The van der Waals surface area contributed by atoms with Crippen LogP contribution in [-0.2, 0) is 25.5 Å². The minimum atomic E-state index is -0.896. The highest BCUT2D eigenvalue weighted by Crippen LogP contribution is 2.60. The molecule has 6 nitrogen and oxygen atoms in total. The van der Waals surface area contributed by atoms with Gasteiger partial charge in [0.1, 0.15) is 6.04 Å². The van der Waals surface area contributed by atoms with Gasteiger partial charge in [-0.3, -0.25) is 9.59 Å². The third kappa shape index (κ3) is 3.82. The van der Waals surface area contributed by atoms with Gasteiger partial charge in [0.25, 0.3) is 5.91 Å². The predicted molar refractivity (Wildman–Crippen MR) is 121 cm³/mol. The Morgan fingerprint density at radius 3 is 2.31 bits per heavy atom. The van der Waals surface area contributed by atoms with Gasteiger partial charge in [0, 0.05) is 17.6 Å². The number of carbonyl (C=O) groups is 3. The normalized spacial score (nSPS) is 32.1. The summed E-state index contributed by atoms with van der Waals surface area (Å²) in [6, 6.07) is 7.11. The molecule has 4 fully saturated rings. The zero-order chi connectivity index (χ0) is 22.5. The number of amides is 2. The Labute approximate surface area is 190 Å². The second kappa shape index (κ2) is 8.20. The number of carbonyl (C=O) groups excluding carboxylic acids is 3. The maximum Gasteiger partial charge on any atom is 0.329 e. The molecule has 0 aromatic heterocycles. The molecule has 1 heterocycles. The third-order valence-electron chi connectivity index (χ3n) is 8.24. The van der Waals surface area contributed by atoms with E-state index < -0.39 is 18.1 Å². The zero-order valence-electron chi connectivity index (χ0n) is 19.1. The molecule has 0 spiro atoms. The number of benzene rings is 1. The fraction of sp³-hybridized carbons (Fsp3) is 0.654. The summed E-state index contributed by atoms with van der Waals surface area (Å²) in [6.45, 7) is 3.90. The van der Waals surface area contributed by atoms with Crippen LogP contribution in [0.5, 0.6) is 0 Å². The molecule has 4 aliphatic carbocycles. The van der Waals surface area contributed by atoms with Gasteiger partial charge in [-0.25, -0.2) is 4.79 Å². The molecule has 5 aliphatic rings. The Morgan fingerprint density at radius 1 is 1.03 bits per heavy atom. The molecule has 4 bridgehead atoms. The summed E-state index contributed by atoms with van der Waals surface area (Å²) in [5, 5.41) is 2.94. The van der Waals surface area contributed by atoms with E-state index in [-0.39, 0.29) is 17.2 Å². The first-order chi connectivity index (χ1) is 15.3. The van der Waals surface area contributed by atoms with Crippen molar-refractivity contribution in [1.82, 2.24) is 5.32 Å². The number of ether oxygens (including phenoxy) is 1. The number of esters is 1. The highest BCUT2D eigenvalue weighted by Gasteiger charge is 2.54. The topological polar surface area (TPSA) is 75.7 Å². The first-order valence-electron chi connectivity index (χ1n) is 12.3. The summed E-state index contributed by atoms with van der Waals surface area (Å²) < 4.78 is 5.52. The standard InChI is InChI=1S/C26H34N2O4/c1-16(27-25(31)26-13-18-10-19(14-26)12-20(11-18)15-26)24(30)32-17(2)23(29)28-9-5-7-21-6-3-4-8-22(21)28/h3-4,6,8,16-20H,5,7,9-15H2,1-2H3,(H,27,31)/t16-,17+,18?,19?,20?,26?/m1/s1. The lowest BCUT2D eigenvalue weighted by molar-refractivity contribution is -0.159. The summed E-state index contributed by atoms with van der Waals surface area (Å²) in [5.41, 5.74) is 1.74. The number of hydrogen-bond donors (Lipinski definition) is 1. The minimum Gasteiger partial charge on any atom is -0.451 e. The van der Waals surface area contributed by atoms with Crippen LogP contribution in [0.25, 0.3) is 0 Å². The summed E-state index contributed by atoms with van der Waals surface area (Å²) in [5.74, 6) is 1.24. The molecule has 0 radical (unpaired) electrons. The first-order valence-corrected chi connectivity index (χ1v) is 12.3. The van der Waals surface area contributed by atoms with Crippen molar-refractivity contribution in [3.05, 3.63) is 29.8 Å². The molecule has 6 rings (SSSR count). The van der Waals surface area contributed by atoms with Crippen LogP contribution in [0.4, 0.5) is 5.69 Å². The SMILES string of the molecule is C[C@H](OC(=O)[C@@H](C)NC(=O)C12CC3CC(CC(C3)C1)C2)C(=O)N1CCCc2ccccc21. The average molecular weight is 439 g/mol. The monoisotopic (exact) mass is 438 g/mol. The first kappa shape index (κ1) is 21.5. The Hall–Kier alpha value is -2.37. The van der Waals surface area contributed by atoms with E-state index in [0.29, 0.717) is 24.3 Å². The molecule has 1 aromatic rings. The number of nitrogens with one attached hydrogen (secondary N) is 1. The van der Waals surface area contributed by atoms with Crippen molar-refractivity contribution in [2.45, 2.75) is 77.4 Å². The van der Waals surface area contributed by atoms with Crippen LogP contribution in [-0.4, -0.2) is 36.5 Å². The van der Waals surface area contributed by atoms with Crippen molar-refractivity contribution in [2.24, 2.45) is 23.2 Å². The van der Waals surface area contributed by atoms with Crippen LogP contribution in [0, 0.1) is 23.2 Å². The lowest BCUT2D eigenvalue weighted by Crippen LogP contribution is -2.56. The lowest BCUT2D eigenvalue weighted by atomic mass is 9.49. The maximum absolute atomic E-state index is 13.2. The van der Waals surface area contributed by atoms with Gasteiger partial charge in [0.15, 0.2) is 6.10 Å². The van der Waals surface area contributed by atoms with E-state index in [0.717, 1.165) is 43.4 Å². The van der Waals surface area contributed by atoms with E-state index in [1.54, 1.807) is 18.7 Å². The van der Waals surface area contributed by atoms with Crippen molar-refractivity contribution in [2.75, 3.05) is 11.4 Å². The van der Waals surface area contributed by atoms with Gasteiger partial charge in [-0.1, -0.05) is 18.2 Å². The Balaban J connectivity index is 1.19. The van der Waals surface area contributed by atoms with Gasteiger partial charge in [-0.05, 0) is 94.6 Å². The van der Waals surface area contributed by atoms with Crippen LogP contribution >= 0.6 is 0 Å². The number of fused-ring (bicyclic) bond motifs is 1. The van der Waals surface area contributed by atoms with Gasteiger partial charge < -0.3 is 15.0 Å². The molecule has 1 N–H and O–H groups in total. The molecule has 4 saturated carbocycles. The zero-order valence-corrected chi connectivity index (χ0v) is 19.1. The van der Waals surface area contributed by atoms with Gasteiger partial charge in [-0.15, -0.1) is 0 Å². The Bertz CT molecular complexity index is 891. The van der Waals surface area contributed by atoms with Crippen LogP contribution in [0.2, 0.25) is 0 Å². The van der Waals surface area contributed by atoms with Gasteiger partial charge >= 0.3 is 5.97 Å². The largest absolute Gasteiger partial charge is 0.451 e. The predicted octanol–water partition coefficient (Wildman–Crippen LogP) is 3.62. The van der Waals surface area contributed by atoms with Crippen LogP contribution < -0.4 is 10.2 Å². The average Bonchev–Trinajstić information content (AvgIpc) is 2.77. The van der Waals surface area contributed by atoms with Crippen LogP contribution in [0.15, 0.2) is 24.3 Å². The maximum atomic E-state index is 13.2. The van der Waals surface area contributed by atoms with Crippen molar-refractivity contribution in [3.8, 4) is 0 Å². The van der Waals surface area contributed by atoms with Crippen molar-refractivity contribution in [1.29, 1.82) is 0 Å². The molecule has 32 heavy (non-hydrogen) atoms. The Kier molecular flexibility index (Phi) is 5.50. The summed E-state index contributed by atoms with van der Waals surface area (Å²) in [6.07, 6.45) is 7.60. The van der Waals surface area contributed by atoms with Gasteiger partial charge in [0.2, 0.25) is 5.91 Å². The number of nitrogens with zero attached hydrogens (tertiary/aromatic N) is 1. The fourth-order valence-electron chi connectivity index (χ4n) is 7.11. The van der Waals surface area contributed by atoms with E-state index in [1.807, 2.05) is 24.3 Å². The number of aryl methyl sites for hydroxylation is 1. The summed E-state index contributed by atoms with van der Waals surface area (Å²) in [4.78, 5) is 40.7. The highest BCUT2D eigenvalue weighted by molar-refractivity contribution is 5.98. The number of anilines is 1. The number of para-hydroxylation sites is 1. The third-order valence-corrected chi connectivity index (χ3v) is 8.24. The molecule has 1 aliphatic heterocycles. The van der Waals surface area contributed by atoms with Gasteiger partial charge in [-0.2, -0.15) is 0 Å². The number of hydrogen-bond acceptors (Lipinski definition) is 4. The van der Waals surface area contributed by atoms with Crippen molar-refractivity contribution in [3.63, 3.8) is 0 Å². The Morgan fingerprint density at radius 2 is 1.66 bits per heavy atom. The van der Waals surface area contributed by atoms with Gasteiger partial charge in [0.05, 0.1) is 0 Å². The molecule has 6 heteroatoms. The molecule has 2 atom stereocenters. The molecule has 0 saturated heterocycles. The van der Waals surface area contributed by atoms with Crippen molar-refractivity contribution < 1.29 is 19.1 Å². The fourth-order valence-corrected chi connectivity index (χ4v) is 7.11. The molecular formula is C26H34N2O4. The van der Waals surface area contributed by atoms with E-state index in [4.69, 9.17) is 4.74 Å². The van der Waals surface area contributed by atoms with Crippen LogP contribution in [0.1, 0.15) is 64.4 Å². The van der Waals surface area contributed by atoms with Crippen molar-refractivity contribution >= 4 is 23.5 Å². The summed E-state index contributed by atoms with van der Waals surface area (Å²) >= 11 is 0. The molecule has 1 aromatic carbocycles. The molecule has 172 valence electrons. The van der Waals surface area contributed by atoms with E-state index in [1.165, 1.54) is 19.3 Å². The van der Waals surface area contributed by atoms with Crippen LogP contribution in [0.3, 0.4) is 0 Å². The highest BCUT2D eigenvalue weighted by atomic mass is 16.5. The quantitative estimate of drug-likeness (QED) is 0.713. The smallest absolute Gasteiger partial charge is 0.329 e.